The Morgan fingerprint density at radius 2 is 1.87 bits per heavy atom. The maximum atomic E-state index is 13.7. The lowest BCUT2D eigenvalue weighted by Crippen LogP contribution is -2.44. The van der Waals surface area contributed by atoms with Gasteiger partial charge in [-0.15, -0.1) is 0 Å². The number of halogens is 1. The molecular formula is C23H27FN2O4. The summed E-state index contributed by atoms with van der Waals surface area (Å²) in [7, 11) is 1.28. The minimum absolute atomic E-state index is 0.0712. The maximum absolute atomic E-state index is 13.7. The van der Waals surface area contributed by atoms with Crippen molar-refractivity contribution in [2.45, 2.75) is 52.0 Å². The summed E-state index contributed by atoms with van der Waals surface area (Å²) in [4.78, 5) is 42.9. The Morgan fingerprint density at radius 1 is 1.17 bits per heavy atom. The Morgan fingerprint density at radius 3 is 2.50 bits per heavy atom. The molecule has 1 aliphatic rings. The van der Waals surface area contributed by atoms with Crippen molar-refractivity contribution in [2.24, 2.45) is 0 Å². The molecule has 7 heteroatoms. The molecule has 3 rings (SSSR count). The molecule has 0 unspecified atom stereocenters. The molecule has 30 heavy (non-hydrogen) atoms. The number of ether oxygens (including phenoxy) is 1. The lowest BCUT2D eigenvalue weighted by molar-refractivity contribution is 0.0588. The van der Waals surface area contributed by atoms with Gasteiger partial charge in [-0.05, 0) is 50.5 Å². The van der Waals surface area contributed by atoms with Crippen molar-refractivity contribution in [2.75, 3.05) is 13.7 Å². The highest BCUT2D eigenvalue weighted by Gasteiger charge is 2.31. The van der Waals surface area contributed by atoms with Gasteiger partial charge in [-0.25, -0.2) is 9.18 Å². The van der Waals surface area contributed by atoms with E-state index in [0.29, 0.717) is 16.8 Å². The first kappa shape index (κ1) is 21.7. The van der Waals surface area contributed by atoms with E-state index in [1.54, 1.807) is 24.8 Å². The average Bonchev–Trinajstić information content (AvgIpc) is 3.05. The van der Waals surface area contributed by atoms with Gasteiger partial charge in [-0.2, -0.15) is 0 Å². The van der Waals surface area contributed by atoms with Gasteiger partial charge in [0.25, 0.3) is 5.91 Å². The van der Waals surface area contributed by atoms with Gasteiger partial charge in [0.1, 0.15) is 11.5 Å². The molecule has 1 aromatic carbocycles. The third-order valence-corrected chi connectivity index (χ3v) is 5.77. The van der Waals surface area contributed by atoms with Gasteiger partial charge < -0.3 is 14.6 Å². The third-order valence-electron chi connectivity index (χ3n) is 5.77. The predicted molar refractivity (Wildman–Crippen MR) is 110 cm³/mol. The molecule has 0 atom stereocenters. The fourth-order valence-electron chi connectivity index (χ4n) is 4.25. The lowest BCUT2D eigenvalue weighted by atomic mass is 9.93. The van der Waals surface area contributed by atoms with Crippen LogP contribution in [0.4, 0.5) is 4.39 Å². The number of hydrogen-bond acceptors (Lipinski definition) is 4. The van der Waals surface area contributed by atoms with E-state index < -0.39 is 11.8 Å². The molecule has 0 bridgehead atoms. The second-order valence-corrected chi connectivity index (χ2v) is 7.77. The normalized spacial score (nSPS) is 14.4. The standard InChI is InChI=1S/C23H27FN2O4/c1-14-20(15(2)25-21(14)23(29)30-3)19(27)13-26(18-10-5-4-6-11-18)22(28)16-8-7-9-17(24)12-16/h7-9,12,18,25H,4-6,10-11,13H2,1-3H3. The number of aryl methyl sites for hydroxylation is 1. The molecule has 0 radical (unpaired) electrons. The number of aromatic amines is 1. The summed E-state index contributed by atoms with van der Waals surface area (Å²) in [5.41, 5.74) is 1.92. The molecule has 0 aliphatic heterocycles. The van der Waals surface area contributed by atoms with Crippen molar-refractivity contribution in [1.29, 1.82) is 0 Å². The van der Waals surface area contributed by atoms with Crippen LogP contribution < -0.4 is 0 Å². The monoisotopic (exact) mass is 414 g/mol. The van der Waals surface area contributed by atoms with Crippen LogP contribution in [0.2, 0.25) is 0 Å². The van der Waals surface area contributed by atoms with Gasteiger partial charge in [0.2, 0.25) is 0 Å². The molecule has 1 heterocycles. The van der Waals surface area contributed by atoms with Crippen LogP contribution in [0.25, 0.3) is 0 Å². The van der Waals surface area contributed by atoms with Crippen molar-refractivity contribution in [3.8, 4) is 0 Å². The number of carbonyl (C=O) groups is 3. The zero-order valence-corrected chi connectivity index (χ0v) is 17.6. The van der Waals surface area contributed by atoms with E-state index in [1.165, 1.54) is 25.3 Å². The van der Waals surface area contributed by atoms with Crippen molar-refractivity contribution >= 4 is 17.7 Å². The smallest absolute Gasteiger partial charge is 0.354 e. The van der Waals surface area contributed by atoms with Crippen LogP contribution in [0.3, 0.4) is 0 Å². The largest absolute Gasteiger partial charge is 0.464 e. The highest BCUT2D eigenvalue weighted by atomic mass is 19.1. The number of esters is 1. The van der Waals surface area contributed by atoms with Crippen LogP contribution >= 0.6 is 0 Å². The van der Waals surface area contributed by atoms with Gasteiger partial charge >= 0.3 is 5.97 Å². The van der Waals surface area contributed by atoms with E-state index >= 15 is 0 Å². The zero-order chi connectivity index (χ0) is 21.8. The first-order chi connectivity index (χ1) is 14.3. The van der Waals surface area contributed by atoms with Gasteiger partial charge in [0.15, 0.2) is 5.78 Å². The van der Waals surface area contributed by atoms with Crippen LogP contribution in [0.1, 0.15) is 74.6 Å². The molecular weight excluding hydrogens is 387 g/mol. The highest BCUT2D eigenvalue weighted by Crippen LogP contribution is 2.26. The second-order valence-electron chi connectivity index (χ2n) is 7.77. The number of nitrogens with zero attached hydrogens (tertiary/aromatic N) is 1. The van der Waals surface area contributed by atoms with E-state index in [0.717, 1.165) is 32.1 Å². The van der Waals surface area contributed by atoms with Crippen LogP contribution in [0.15, 0.2) is 24.3 Å². The lowest BCUT2D eigenvalue weighted by Gasteiger charge is -2.34. The van der Waals surface area contributed by atoms with Crippen molar-refractivity contribution in [3.05, 3.63) is 58.2 Å². The van der Waals surface area contributed by atoms with E-state index in [-0.39, 0.29) is 35.5 Å². The number of rotatable bonds is 6. The van der Waals surface area contributed by atoms with Crippen LogP contribution in [0.5, 0.6) is 0 Å². The second kappa shape index (κ2) is 9.24. The topological polar surface area (TPSA) is 79.5 Å². The Labute approximate surface area is 175 Å². The number of benzene rings is 1. The molecule has 1 saturated carbocycles. The number of amides is 1. The molecule has 1 aliphatic carbocycles. The number of aromatic nitrogens is 1. The maximum Gasteiger partial charge on any atom is 0.354 e. The summed E-state index contributed by atoms with van der Waals surface area (Å²) in [6.07, 6.45) is 4.70. The van der Waals surface area contributed by atoms with Crippen LogP contribution in [0, 0.1) is 19.7 Å². The fraction of sp³-hybridized carbons (Fsp3) is 0.435. The summed E-state index contributed by atoms with van der Waals surface area (Å²) < 4.78 is 18.5. The third kappa shape index (κ3) is 4.45. The number of nitrogens with one attached hydrogen (secondary N) is 1. The number of methoxy groups -OCH3 is 1. The van der Waals surface area contributed by atoms with Gasteiger partial charge in [0, 0.05) is 22.9 Å². The van der Waals surface area contributed by atoms with Gasteiger partial charge in [-0.3, -0.25) is 9.59 Å². The number of Topliss-reactive ketones (excluding diaryl/α,β-unsaturated/α-hetero) is 1. The van der Waals surface area contributed by atoms with Gasteiger partial charge in [-0.1, -0.05) is 25.3 Å². The molecule has 1 amide bonds. The highest BCUT2D eigenvalue weighted by molar-refractivity contribution is 6.05. The van der Waals surface area contributed by atoms with Crippen molar-refractivity contribution in [3.63, 3.8) is 0 Å². The Kier molecular flexibility index (Phi) is 6.70. The number of hydrogen-bond donors (Lipinski definition) is 1. The van der Waals surface area contributed by atoms with E-state index in [9.17, 15) is 18.8 Å². The molecule has 2 aromatic rings. The average molecular weight is 414 g/mol. The first-order valence-electron chi connectivity index (χ1n) is 10.2. The quantitative estimate of drug-likeness (QED) is 0.567. The summed E-state index contributed by atoms with van der Waals surface area (Å²) >= 11 is 0. The molecule has 1 aromatic heterocycles. The molecule has 6 nitrogen and oxygen atoms in total. The molecule has 0 spiro atoms. The zero-order valence-electron chi connectivity index (χ0n) is 17.6. The Balaban J connectivity index is 1.91. The minimum atomic E-state index is -0.547. The van der Waals surface area contributed by atoms with E-state index in [2.05, 4.69) is 4.98 Å². The Hall–Kier alpha value is -2.96. The summed E-state index contributed by atoms with van der Waals surface area (Å²) in [5.74, 6) is -1.65. The van der Waals surface area contributed by atoms with Crippen molar-refractivity contribution in [1.82, 2.24) is 9.88 Å². The molecule has 1 fully saturated rings. The van der Waals surface area contributed by atoms with Gasteiger partial charge in [0.05, 0.1) is 13.7 Å². The molecule has 0 saturated heterocycles. The van der Waals surface area contributed by atoms with Crippen molar-refractivity contribution < 1.29 is 23.5 Å². The summed E-state index contributed by atoms with van der Waals surface area (Å²) in [5, 5.41) is 0. The van der Waals surface area contributed by atoms with E-state index in [4.69, 9.17) is 4.74 Å². The van der Waals surface area contributed by atoms with E-state index in [1.807, 2.05) is 0 Å². The van der Waals surface area contributed by atoms with Crippen LogP contribution in [-0.2, 0) is 4.74 Å². The molecule has 1 N–H and O–H groups in total. The first-order valence-corrected chi connectivity index (χ1v) is 10.2. The number of carbonyl (C=O) groups excluding carboxylic acids is 3. The number of ketones is 1. The predicted octanol–water partition coefficient (Wildman–Crippen LogP) is 4.22. The minimum Gasteiger partial charge on any atom is -0.464 e. The molecule has 160 valence electrons. The fourth-order valence-corrected chi connectivity index (χ4v) is 4.25. The summed E-state index contributed by atoms with van der Waals surface area (Å²) in [6.45, 7) is 3.27. The summed E-state index contributed by atoms with van der Waals surface area (Å²) in [6, 6.07) is 5.47. The Bertz CT molecular complexity index is 960. The number of H-pyrrole nitrogens is 1. The SMILES string of the molecule is COC(=O)c1[nH]c(C)c(C(=O)CN(C(=O)c2cccc(F)c2)C2CCCCC2)c1C. The van der Waals surface area contributed by atoms with Crippen LogP contribution in [-0.4, -0.2) is 47.2 Å².